The van der Waals surface area contributed by atoms with Gasteiger partial charge in [-0.05, 0) is 63.2 Å². The van der Waals surface area contributed by atoms with Gasteiger partial charge in [0.05, 0.1) is 0 Å². The first-order valence-electron chi connectivity index (χ1n) is 8.77. The summed E-state index contributed by atoms with van der Waals surface area (Å²) >= 11 is 0. The summed E-state index contributed by atoms with van der Waals surface area (Å²) in [4.78, 5) is 0. The van der Waals surface area contributed by atoms with Gasteiger partial charge >= 0.3 is 0 Å². The maximum Gasteiger partial charge on any atom is -0.0320 e. The van der Waals surface area contributed by atoms with E-state index < -0.39 is 0 Å². The first-order valence-corrected chi connectivity index (χ1v) is 8.77. The number of allylic oxidation sites excluding steroid dienone is 2. The molecule has 0 aromatic carbocycles. The molecule has 0 atom stereocenters. The second-order valence-corrected chi connectivity index (χ2v) is 7.77. The van der Waals surface area contributed by atoms with E-state index in [0.29, 0.717) is 0 Å². The fraction of sp³-hybridized carbons (Fsp3) is 0.895. The van der Waals surface area contributed by atoms with Crippen LogP contribution in [0.15, 0.2) is 11.6 Å². The van der Waals surface area contributed by atoms with Crippen LogP contribution in [0.25, 0.3) is 0 Å². The summed E-state index contributed by atoms with van der Waals surface area (Å²) in [6.07, 6.45) is 17.4. The normalized spacial score (nSPS) is 35.9. The summed E-state index contributed by atoms with van der Waals surface area (Å²) in [5.74, 6) is 4.16. The highest BCUT2D eigenvalue weighted by atomic mass is 14.3. The summed E-state index contributed by atoms with van der Waals surface area (Å²) in [6.45, 7) is 6.90. The van der Waals surface area contributed by atoms with Gasteiger partial charge in [-0.2, -0.15) is 0 Å². The van der Waals surface area contributed by atoms with E-state index in [1.54, 1.807) is 6.42 Å². The lowest BCUT2D eigenvalue weighted by molar-refractivity contribution is 0.196. The second kappa shape index (κ2) is 7.50. The molecular formula is C19H34. The minimum atomic E-state index is 0.998. The van der Waals surface area contributed by atoms with Gasteiger partial charge in [-0.15, -0.1) is 0 Å². The van der Waals surface area contributed by atoms with Crippen molar-refractivity contribution in [2.24, 2.45) is 23.7 Å². The average Bonchev–Trinajstić information content (AvgIpc) is 2.40. The van der Waals surface area contributed by atoms with Crippen molar-refractivity contribution in [1.82, 2.24) is 0 Å². The molecule has 0 bridgehead atoms. The van der Waals surface area contributed by atoms with Gasteiger partial charge in [0.25, 0.3) is 0 Å². The van der Waals surface area contributed by atoms with Crippen LogP contribution in [0.5, 0.6) is 0 Å². The Kier molecular flexibility index (Phi) is 5.98. The van der Waals surface area contributed by atoms with Crippen LogP contribution in [0.1, 0.15) is 85.0 Å². The molecule has 2 saturated carbocycles. The summed E-state index contributed by atoms with van der Waals surface area (Å²) in [5, 5.41) is 0. The summed E-state index contributed by atoms with van der Waals surface area (Å²) in [7, 11) is 0. The van der Waals surface area contributed by atoms with Crippen LogP contribution in [0.3, 0.4) is 0 Å². The highest BCUT2D eigenvalue weighted by molar-refractivity contribution is 4.94. The van der Waals surface area contributed by atoms with E-state index in [-0.39, 0.29) is 0 Å². The molecule has 2 aliphatic rings. The lowest BCUT2D eigenvalue weighted by atomic mass is 9.73. The highest BCUT2D eigenvalue weighted by Gasteiger charge is 2.25. The highest BCUT2D eigenvalue weighted by Crippen LogP contribution is 2.39. The van der Waals surface area contributed by atoms with Crippen molar-refractivity contribution in [1.29, 1.82) is 0 Å². The van der Waals surface area contributed by atoms with Crippen molar-refractivity contribution in [3.8, 4) is 0 Å². The van der Waals surface area contributed by atoms with E-state index in [0.717, 1.165) is 23.7 Å². The second-order valence-electron chi connectivity index (χ2n) is 7.77. The van der Waals surface area contributed by atoms with E-state index in [9.17, 15) is 0 Å². The molecule has 2 rings (SSSR count). The Morgan fingerprint density at radius 2 is 1.26 bits per heavy atom. The van der Waals surface area contributed by atoms with E-state index in [1.807, 2.05) is 0 Å². The zero-order chi connectivity index (χ0) is 13.7. The molecular weight excluding hydrogens is 228 g/mol. The smallest absolute Gasteiger partial charge is 0.0320 e. The fourth-order valence-electron chi connectivity index (χ4n) is 4.14. The zero-order valence-corrected chi connectivity index (χ0v) is 13.5. The lowest BCUT2D eigenvalue weighted by Gasteiger charge is -2.33. The third kappa shape index (κ3) is 5.32. The van der Waals surface area contributed by atoms with E-state index in [4.69, 9.17) is 0 Å². The topological polar surface area (TPSA) is 0 Å². The molecule has 0 aromatic rings. The lowest BCUT2D eigenvalue weighted by Crippen LogP contribution is -2.20. The number of hydrogen-bond acceptors (Lipinski definition) is 0. The van der Waals surface area contributed by atoms with E-state index >= 15 is 0 Å². The van der Waals surface area contributed by atoms with Crippen molar-refractivity contribution in [2.45, 2.75) is 85.0 Å². The molecule has 0 aliphatic heterocycles. The van der Waals surface area contributed by atoms with Crippen molar-refractivity contribution < 1.29 is 0 Å². The van der Waals surface area contributed by atoms with Crippen LogP contribution in [0.4, 0.5) is 0 Å². The van der Waals surface area contributed by atoms with Crippen molar-refractivity contribution in [3.05, 3.63) is 11.6 Å². The van der Waals surface area contributed by atoms with Gasteiger partial charge in [-0.3, -0.25) is 0 Å². The first-order chi connectivity index (χ1) is 9.13. The van der Waals surface area contributed by atoms with Gasteiger partial charge < -0.3 is 0 Å². The Balaban J connectivity index is 1.64. The Bertz CT molecular complexity index is 268. The summed E-state index contributed by atoms with van der Waals surface area (Å²) in [5.41, 5.74) is 1.50. The van der Waals surface area contributed by atoms with Crippen molar-refractivity contribution in [3.63, 3.8) is 0 Å². The Hall–Kier alpha value is -0.260. The van der Waals surface area contributed by atoms with Crippen molar-refractivity contribution >= 4 is 0 Å². The maximum absolute atomic E-state index is 2.45. The number of hydrogen-bond donors (Lipinski definition) is 0. The molecule has 0 heterocycles. The third-order valence-electron chi connectivity index (χ3n) is 5.63. The van der Waals surface area contributed by atoms with Crippen LogP contribution in [-0.2, 0) is 0 Å². The molecule has 2 aliphatic carbocycles. The average molecular weight is 262 g/mol. The third-order valence-corrected chi connectivity index (χ3v) is 5.63. The minimum absolute atomic E-state index is 0.998. The van der Waals surface area contributed by atoms with Gasteiger partial charge in [0.15, 0.2) is 0 Å². The van der Waals surface area contributed by atoms with Crippen molar-refractivity contribution in [2.75, 3.05) is 0 Å². The fourth-order valence-corrected chi connectivity index (χ4v) is 4.14. The van der Waals surface area contributed by atoms with Crippen LogP contribution >= 0.6 is 0 Å². The predicted octanol–water partition coefficient (Wildman–Crippen LogP) is 6.37. The SMILES string of the molecule is CC(C)=CCC1CCC(CC2CCC(C)CC2)CC1. The molecule has 110 valence electrons. The van der Waals surface area contributed by atoms with Crippen LogP contribution in [-0.4, -0.2) is 0 Å². The monoisotopic (exact) mass is 262 g/mol. The Labute approximate surface area is 121 Å². The molecule has 0 heteroatoms. The first kappa shape index (κ1) is 15.1. The molecule has 0 nitrogen and oxygen atoms in total. The van der Waals surface area contributed by atoms with E-state index in [1.165, 1.54) is 63.4 Å². The molecule has 0 unspecified atom stereocenters. The Morgan fingerprint density at radius 3 is 1.79 bits per heavy atom. The van der Waals surface area contributed by atoms with E-state index in [2.05, 4.69) is 26.8 Å². The molecule has 19 heavy (non-hydrogen) atoms. The molecule has 0 N–H and O–H groups in total. The summed E-state index contributed by atoms with van der Waals surface area (Å²) in [6, 6.07) is 0. The van der Waals surface area contributed by atoms with Gasteiger partial charge in [0.2, 0.25) is 0 Å². The van der Waals surface area contributed by atoms with Crippen LogP contribution in [0, 0.1) is 23.7 Å². The minimum Gasteiger partial charge on any atom is -0.0856 e. The van der Waals surface area contributed by atoms with Crippen LogP contribution < -0.4 is 0 Å². The molecule has 0 aromatic heterocycles. The largest absolute Gasteiger partial charge is 0.0856 e. The van der Waals surface area contributed by atoms with Crippen LogP contribution in [0.2, 0.25) is 0 Å². The molecule has 0 spiro atoms. The quantitative estimate of drug-likeness (QED) is 0.517. The standard InChI is InChI=1S/C19H34/c1-15(2)4-7-17-10-12-19(13-11-17)14-18-8-5-16(3)6-9-18/h4,16-19H,5-14H2,1-3H3. The van der Waals surface area contributed by atoms with Gasteiger partial charge in [-0.1, -0.05) is 57.1 Å². The molecule has 2 fully saturated rings. The molecule has 0 amide bonds. The molecule has 0 saturated heterocycles. The van der Waals surface area contributed by atoms with Gasteiger partial charge in [0, 0.05) is 0 Å². The zero-order valence-electron chi connectivity index (χ0n) is 13.5. The van der Waals surface area contributed by atoms with Gasteiger partial charge in [-0.25, -0.2) is 0 Å². The Morgan fingerprint density at radius 1 is 0.789 bits per heavy atom. The predicted molar refractivity (Wildman–Crippen MR) is 85.2 cm³/mol. The molecule has 0 radical (unpaired) electrons. The number of rotatable bonds is 4. The maximum atomic E-state index is 2.45. The van der Waals surface area contributed by atoms with Gasteiger partial charge in [0.1, 0.15) is 0 Å². The summed E-state index contributed by atoms with van der Waals surface area (Å²) < 4.78 is 0.